The van der Waals surface area contributed by atoms with Gasteiger partial charge in [0.25, 0.3) is 0 Å². The second-order valence-electron chi connectivity index (χ2n) is 8.09. The molecule has 0 saturated heterocycles. The van der Waals surface area contributed by atoms with Gasteiger partial charge in [-0.2, -0.15) is 5.10 Å². The van der Waals surface area contributed by atoms with Crippen LogP contribution in [-0.4, -0.2) is 41.9 Å². The summed E-state index contributed by atoms with van der Waals surface area (Å²) in [7, 11) is 5.06. The van der Waals surface area contributed by atoms with Crippen molar-refractivity contribution in [2.75, 3.05) is 21.3 Å². The van der Waals surface area contributed by atoms with Crippen molar-refractivity contribution in [3.05, 3.63) is 96.2 Å². The highest BCUT2D eigenvalue weighted by Crippen LogP contribution is 2.28. The van der Waals surface area contributed by atoms with Crippen LogP contribution in [0.1, 0.15) is 17.5 Å². The van der Waals surface area contributed by atoms with Gasteiger partial charge in [0.05, 0.1) is 25.6 Å². The Morgan fingerprint density at radius 1 is 0.912 bits per heavy atom. The van der Waals surface area contributed by atoms with Crippen LogP contribution in [0.4, 0.5) is 0 Å². The standard InChI is InChI=1S/C28H29N3O3/c1-30(27(32)17-15-21-14-16-25(33-2)26(18-21)34-3)19-23-20-31(24-12-8-5-9-13-24)29-28(23)22-10-6-4-7-11-22/h4-14,16,18,20H,15,17,19H2,1-3H3. The third-order valence-corrected chi connectivity index (χ3v) is 5.77. The SMILES string of the molecule is COc1ccc(CCC(=O)N(C)Cc2cn(-c3ccccc3)nc2-c2ccccc2)cc1OC. The van der Waals surface area contributed by atoms with Gasteiger partial charge in [0.1, 0.15) is 0 Å². The van der Waals surface area contributed by atoms with Crippen molar-refractivity contribution in [2.45, 2.75) is 19.4 Å². The third kappa shape index (κ3) is 5.29. The number of rotatable bonds is 9. The van der Waals surface area contributed by atoms with Gasteiger partial charge in [0, 0.05) is 37.3 Å². The minimum Gasteiger partial charge on any atom is -0.493 e. The number of benzene rings is 3. The molecule has 0 aliphatic carbocycles. The first-order valence-electron chi connectivity index (χ1n) is 11.2. The molecule has 4 rings (SSSR count). The maximum absolute atomic E-state index is 13.0. The average molecular weight is 456 g/mol. The van der Waals surface area contributed by atoms with Crippen LogP contribution in [0.2, 0.25) is 0 Å². The van der Waals surface area contributed by atoms with Crippen LogP contribution in [-0.2, 0) is 17.8 Å². The Morgan fingerprint density at radius 2 is 1.59 bits per heavy atom. The van der Waals surface area contributed by atoms with E-state index in [2.05, 4.69) is 0 Å². The molecular weight excluding hydrogens is 426 g/mol. The van der Waals surface area contributed by atoms with Crippen LogP contribution in [0.15, 0.2) is 85.1 Å². The van der Waals surface area contributed by atoms with E-state index in [1.807, 2.05) is 96.8 Å². The van der Waals surface area contributed by atoms with Crippen LogP contribution in [0.3, 0.4) is 0 Å². The third-order valence-electron chi connectivity index (χ3n) is 5.77. The molecule has 0 saturated carbocycles. The Kier molecular flexibility index (Phi) is 7.28. The summed E-state index contributed by atoms with van der Waals surface area (Å²) in [5, 5.41) is 4.85. The zero-order valence-corrected chi connectivity index (χ0v) is 19.8. The van der Waals surface area contributed by atoms with Crippen LogP contribution in [0.25, 0.3) is 16.9 Å². The molecule has 0 bridgehead atoms. The van der Waals surface area contributed by atoms with Crippen LogP contribution >= 0.6 is 0 Å². The fourth-order valence-electron chi connectivity index (χ4n) is 3.90. The summed E-state index contributed by atoms with van der Waals surface area (Å²) in [5.41, 5.74) is 4.91. The van der Waals surface area contributed by atoms with Crippen molar-refractivity contribution in [3.63, 3.8) is 0 Å². The maximum atomic E-state index is 13.0. The molecule has 4 aromatic rings. The maximum Gasteiger partial charge on any atom is 0.222 e. The topological polar surface area (TPSA) is 56.6 Å². The van der Waals surface area contributed by atoms with Gasteiger partial charge < -0.3 is 14.4 Å². The number of aromatic nitrogens is 2. The lowest BCUT2D eigenvalue weighted by Gasteiger charge is -2.17. The molecule has 0 fully saturated rings. The normalized spacial score (nSPS) is 10.7. The molecule has 1 amide bonds. The minimum atomic E-state index is 0.0706. The molecule has 0 aliphatic heterocycles. The van der Waals surface area contributed by atoms with Crippen LogP contribution in [0.5, 0.6) is 11.5 Å². The van der Waals surface area contributed by atoms with Crippen molar-refractivity contribution >= 4 is 5.91 Å². The quantitative estimate of drug-likeness (QED) is 0.350. The predicted molar refractivity (Wildman–Crippen MR) is 133 cm³/mol. The zero-order valence-electron chi connectivity index (χ0n) is 19.8. The summed E-state index contributed by atoms with van der Waals surface area (Å²) in [5.74, 6) is 1.42. The van der Waals surface area contributed by atoms with Gasteiger partial charge in [-0.05, 0) is 36.2 Å². The fourth-order valence-corrected chi connectivity index (χ4v) is 3.90. The predicted octanol–water partition coefficient (Wildman–Crippen LogP) is 5.15. The second-order valence-corrected chi connectivity index (χ2v) is 8.09. The molecule has 6 nitrogen and oxygen atoms in total. The summed E-state index contributed by atoms with van der Waals surface area (Å²) in [6.45, 7) is 0.474. The Hall–Kier alpha value is -4.06. The summed E-state index contributed by atoms with van der Waals surface area (Å²) in [6.07, 6.45) is 3.04. The molecule has 0 unspecified atom stereocenters. The van der Waals surface area contributed by atoms with E-state index >= 15 is 0 Å². The number of para-hydroxylation sites is 1. The van der Waals surface area contributed by atoms with Gasteiger partial charge in [-0.15, -0.1) is 0 Å². The summed E-state index contributed by atoms with van der Waals surface area (Å²) >= 11 is 0. The van der Waals surface area contributed by atoms with Crippen LogP contribution in [0, 0.1) is 0 Å². The number of hydrogen-bond donors (Lipinski definition) is 0. The largest absolute Gasteiger partial charge is 0.493 e. The lowest BCUT2D eigenvalue weighted by Crippen LogP contribution is -2.26. The van der Waals surface area contributed by atoms with Crippen molar-refractivity contribution in [1.82, 2.24) is 14.7 Å². The molecule has 1 aromatic heterocycles. The van der Waals surface area contributed by atoms with Gasteiger partial charge in [-0.3, -0.25) is 4.79 Å². The summed E-state index contributed by atoms with van der Waals surface area (Å²) < 4.78 is 12.5. The first-order chi connectivity index (χ1) is 16.6. The fraction of sp³-hybridized carbons (Fsp3) is 0.214. The van der Waals surface area contributed by atoms with E-state index in [-0.39, 0.29) is 5.91 Å². The summed E-state index contributed by atoms with van der Waals surface area (Å²) in [4.78, 5) is 14.7. The number of nitrogens with zero attached hydrogens (tertiary/aromatic N) is 3. The molecule has 3 aromatic carbocycles. The average Bonchev–Trinajstić information content (AvgIpc) is 3.31. The smallest absolute Gasteiger partial charge is 0.222 e. The molecule has 0 radical (unpaired) electrons. The van der Waals surface area contributed by atoms with E-state index in [9.17, 15) is 4.79 Å². The Morgan fingerprint density at radius 3 is 2.26 bits per heavy atom. The molecule has 0 spiro atoms. The first-order valence-corrected chi connectivity index (χ1v) is 11.2. The molecule has 0 N–H and O–H groups in total. The van der Waals surface area contributed by atoms with Gasteiger partial charge >= 0.3 is 0 Å². The van der Waals surface area contributed by atoms with Crippen molar-refractivity contribution in [2.24, 2.45) is 0 Å². The second kappa shape index (κ2) is 10.7. The van der Waals surface area contributed by atoms with E-state index in [1.54, 1.807) is 19.1 Å². The first kappa shape index (κ1) is 23.1. The number of hydrogen-bond acceptors (Lipinski definition) is 4. The van der Waals surface area contributed by atoms with Crippen LogP contribution < -0.4 is 9.47 Å². The van der Waals surface area contributed by atoms with E-state index < -0.39 is 0 Å². The molecule has 1 heterocycles. The van der Waals surface area contributed by atoms with E-state index in [1.165, 1.54) is 0 Å². The van der Waals surface area contributed by atoms with E-state index in [0.29, 0.717) is 30.9 Å². The lowest BCUT2D eigenvalue weighted by molar-refractivity contribution is -0.130. The number of carbonyl (C=O) groups is 1. The monoisotopic (exact) mass is 455 g/mol. The number of methoxy groups -OCH3 is 2. The van der Waals surface area contributed by atoms with E-state index in [4.69, 9.17) is 14.6 Å². The highest BCUT2D eigenvalue weighted by atomic mass is 16.5. The highest BCUT2D eigenvalue weighted by molar-refractivity contribution is 5.76. The van der Waals surface area contributed by atoms with Gasteiger partial charge in [-0.25, -0.2) is 4.68 Å². The zero-order chi connectivity index (χ0) is 23.9. The molecule has 0 atom stereocenters. The Balaban J connectivity index is 1.50. The highest BCUT2D eigenvalue weighted by Gasteiger charge is 2.17. The molecule has 174 valence electrons. The number of carbonyl (C=O) groups excluding carboxylic acids is 1. The molecule has 6 heteroatoms. The molecular formula is C28H29N3O3. The van der Waals surface area contributed by atoms with Gasteiger partial charge in [-0.1, -0.05) is 54.6 Å². The number of amides is 1. The Bertz CT molecular complexity index is 1240. The van der Waals surface area contributed by atoms with E-state index in [0.717, 1.165) is 28.1 Å². The van der Waals surface area contributed by atoms with Gasteiger partial charge in [0.15, 0.2) is 11.5 Å². The van der Waals surface area contributed by atoms with Gasteiger partial charge in [0.2, 0.25) is 5.91 Å². The van der Waals surface area contributed by atoms with Crippen molar-refractivity contribution in [1.29, 1.82) is 0 Å². The van der Waals surface area contributed by atoms with Crippen molar-refractivity contribution < 1.29 is 14.3 Å². The number of aryl methyl sites for hydroxylation is 1. The lowest BCUT2D eigenvalue weighted by atomic mass is 10.1. The molecule has 34 heavy (non-hydrogen) atoms. The minimum absolute atomic E-state index is 0.0706. The molecule has 0 aliphatic rings. The Labute approximate surface area is 200 Å². The van der Waals surface area contributed by atoms with Crippen molar-refractivity contribution in [3.8, 4) is 28.4 Å². The number of ether oxygens (including phenoxy) is 2. The summed E-state index contributed by atoms with van der Waals surface area (Å²) in [6, 6.07) is 25.8.